The van der Waals surface area contributed by atoms with E-state index < -0.39 is 6.04 Å². The van der Waals surface area contributed by atoms with Gasteiger partial charge in [0.1, 0.15) is 0 Å². The molecule has 1 atom stereocenters. The summed E-state index contributed by atoms with van der Waals surface area (Å²) < 4.78 is 0. The van der Waals surface area contributed by atoms with Gasteiger partial charge in [0.15, 0.2) is 5.78 Å². The van der Waals surface area contributed by atoms with Crippen LogP contribution in [0.2, 0.25) is 0 Å². The quantitative estimate of drug-likeness (QED) is 0.491. The number of hydrogen-bond donors (Lipinski definition) is 2. The predicted octanol–water partition coefficient (Wildman–Crippen LogP) is 5.74. The van der Waals surface area contributed by atoms with Gasteiger partial charge in [-0.3, -0.25) is 14.9 Å². The van der Waals surface area contributed by atoms with E-state index in [1.165, 1.54) is 0 Å². The van der Waals surface area contributed by atoms with E-state index in [0.29, 0.717) is 17.6 Å². The van der Waals surface area contributed by atoms with E-state index in [-0.39, 0.29) is 21.8 Å². The number of nitro benzene ring substituents is 1. The summed E-state index contributed by atoms with van der Waals surface area (Å²) in [5.74, 6) is 0.0794. The van der Waals surface area contributed by atoms with Crippen molar-refractivity contribution in [3.05, 3.63) is 74.0 Å². The SMILES string of the molecule is Cc1cc2c(cc1C)NC(c1ccc(C)c([N+](=O)[O-])c1)C1=C(CC(C)(C)CC1=O)N2. The van der Waals surface area contributed by atoms with Crippen LogP contribution in [0.25, 0.3) is 0 Å². The second-order valence-corrected chi connectivity index (χ2v) is 9.32. The third-order valence-electron chi connectivity index (χ3n) is 6.19. The minimum Gasteiger partial charge on any atom is -0.372 e. The lowest BCUT2D eigenvalue weighted by Crippen LogP contribution is -2.31. The molecule has 0 spiro atoms. The van der Waals surface area contributed by atoms with Gasteiger partial charge >= 0.3 is 0 Å². The van der Waals surface area contributed by atoms with Gasteiger partial charge in [0.25, 0.3) is 5.69 Å². The first kappa shape index (κ1) is 20.1. The first-order valence-electron chi connectivity index (χ1n) is 10.2. The molecule has 30 heavy (non-hydrogen) atoms. The maximum atomic E-state index is 13.3. The number of rotatable bonds is 2. The Labute approximate surface area is 176 Å². The Bertz CT molecular complexity index is 1110. The van der Waals surface area contributed by atoms with Crippen molar-refractivity contribution < 1.29 is 9.72 Å². The van der Waals surface area contributed by atoms with Gasteiger partial charge in [-0.25, -0.2) is 0 Å². The van der Waals surface area contributed by atoms with Crippen LogP contribution < -0.4 is 10.6 Å². The van der Waals surface area contributed by atoms with Gasteiger partial charge < -0.3 is 10.6 Å². The van der Waals surface area contributed by atoms with E-state index in [1.54, 1.807) is 19.1 Å². The fourth-order valence-electron chi connectivity index (χ4n) is 4.46. The predicted molar refractivity (Wildman–Crippen MR) is 119 cm³/mol. The molecular formula is C24H27N3O3. The van der Waals surface area contributed by atoms with Gasteiger partial charge in [-0.05, 0) is 61.4 Å². The highest BCUT2D eigenvalue weighted by atomic mass is 16.6. The molecule has 0 radical (unpaired) electrons. The largest absolute Gasteiger partial charge is 0.372 e. The van der Waals surface area contributed by atoms with Crippen LogP contribution in [-0.4, -0.2) is 10.7 Å². The summed E-state index contributed by atoms with van der Waals surface area (Å²) in [4.78, 5) is 24.4. The molecule has 6 heteroatoms. The molecule has 0 fully saturated rings. The number of carbonyl (C=O) groups is 1. The van der Waals surface area contributed by atoms with Gasteiger partial charge in [-0.15, -0.1) is 0 Å². The summed E-state index contributed by atoms with van der Waals surface area (Å²) in [6.07, 6.45) is 1.20. The van der Waals surface area contributed by atoms with Crippen LogP contribution in [0.1, 0.15) is 55.0 Å². The first-order chi connectivity index (χ1) is 14.1. The van der Waals surface area contributed by atoms with Crippen LogP contribution in [0, 0.1) is 36.3 Å². The van der Waals surface area contributed by atoms with E-state index in [2.05, 4.69) is 50.5 Å². The number of nitro groups is 1. The molecular weight excluding hydrogens is 378 g/mol. The van der Waals surface area contributed by atoms with Crippen molar-refractivity contribution in [1.29, 1.82) is 0 Å². The number of Topliss-reactive ketones (excluding diaryl/α,β-unsaturated/α-hetero) is 1. The summed E-state index contributed by atoms with van der Waals surface area (Å²) in [7, 11) is 0. The standard InChI is InChI=1S/C24H27N3O3/c1-13-6-7-16(10-20(13)27(29)30)23-22-19(11-24(4,5)12-21(22)28)25-17-8-14(2)15(3)9-18(17)26-23/h6-10,23,25-26H,11-12H2,1-5H3. The molecule has 1 aliphatic heterocycles. The molecule has 4 rings (SSSR count). The van der Waals surface area contributed by atoms with Crippen molar-refractivity contribution >= 4 is 22.8 Å². The minimum atomic E-state index is -0.446. The lowest BCUT2D eigenvalue weighted by molar-refractivity contribution is -0.385. The molecule has 0 aromatic heterocycles. The Kier molecular flexibility index (Phi) is 4.68. The van der Waals surface area contributed by atoms with E-state index in [0.717, 1.165) is 40.2 Å². The van der Waals surface area contributed by atoms with Crippen molar-refractivity contribution in [2.45, 2.75) is 53.5 Å². The molecule has 1 heterocycles. The minimum absolute atomic E-state index is 0.0672. The summed E-state index contributed by atoms with van der Waals surface area (Å²) >= 11 is 0. The van der Waals surface area contributed by atoms with Crippen LogP contribution >= 0.6 is 0 Å². The topological polar surface area (TPSA) is 84.3 Å². The second-order valence-electron chi connectivity index (χ2n) is 9.32. The zero-order valence-corrected chi connectivity index (χ0v) is 18.1. The lowest BCUT2D eigenvalue weighted by atomic mass is 9.73. The smallest absolute Gasteiger partial charge is 0.272 e. The maximum Gasteiger partial charge on any atom is 0.272 e. The number of anilines is 2. The Morgan fingerprint density at radius 3 is 2.33 bits per heavy atom. The number of ketones is 1. The highest BCUT2D eigenvalue weighted by molar-refractivity contribution is 6.01. The van der Waals surface area contributed by atoms with Crippen LogP contribution in [0.15, 0.2) is 41.6 Å². The average molecular weight is 405 g/mol. The maximum absolute atomic E-state index is 13.3. The summed E-state index contributed by atoms with van der Waals surface area (Å²) in [6.45, 7) is 10.0. The van der Waals surface area contributed by atoms with Crippen molar-refractivity contribution in [2.75, 3.05) is 10.6 Å². The Morgan fingerprint density at radius 1 is 1.00 bits per heavy atom. The van der Waals surface area contributed by atoms with E-state index in [1.807, 2.05) is 6.07 Å². The van der Waals surface area contributed by atoms with Crippen LogP contribution in [0.4, 0.5) is 17.1 Å². The zero-order valence-electron chi connectivity index (χ0n) is 18.1. The highest BCUT2D eigenvalue weighted by Crippen LogP contribution is 2.46. The van der Waals surface area contributed by atoms with Crippen molar-refractivity contribution in [3.8, 4) is 0 Å². The molecule has 0 saturated heterocycles. The van der Waals surface area contributed by atoms with Crippen molar-refractivity contribution in [2.24, 2.45) is 5.41 Å². The molecule has 0 amide bonds. The van der Waals surface area contributed by atoms with E-state index >= 15 is 0 Å². The second kappa shape index (κ2) is 6.97. The number of carbonyl (C=O) groups excluding carboxylic acids is 1. The molecule has 2 N–H and O–H groups in total. The van der Waals surface area contributed by atoms with Gasteiger partial charge in [0, 0.05) is 29.3 Å². The first-order valence-corrected chi connectivity index (χ1v) is 10.2. The molecule has 0 saturated carbocycles. The summed E-state index contributed by atoms with van der Waals surface area (Å²) in [5, 5.41) is 18.6. The monoisotopic (exact) mass is 405 g/mol. The highest BCUT2D eigenvalue weighted by Gasteiger charge is 2.39. The number of hydrogen-bond acceptors (Lipinski definition) is 5. The summed E-state index contributed by atoms with van der Waals surface area (Å²) in [6, 6.07) is 8.95. The van der Waals surface area contributed by atoms with Gasteiger partial charge in [-0.1, -0.05) is 26.0 Å². The number of nitrogens with one attached hydrogen (secondary N) is 2. The van der Waals surface area contributed by atoms with Crippen LogP contribution in [-0.2, 0) is 4.79 Å². The third kappa shape index (κ3) is 3.47. The van der Waals surface area contributed by atoms with Gasteiger partial charge in [0.05, 0.1) is 22.3 Å². The number of nitrogens with zero attached hydrogens (tertiary/aromatic N) is 1. The number of aryl methyl sites for hydroxylation is 3. The third-order valence-corrected chi connectivity index (χ3v) is 6.19. The van der Waals surface area contributed by atoms with Crippen LogP contribution in [0.3, 0.4) is 0 Å². The molecule has 2 aromatic carbocycles. The van der Waals surface area contributed by atoms with Crippen LogP contribution in [0.5, 0.6) is 0 Å². The Hall–Kier alpha value is -3.15. The molecule has 1 aliphatic carbocycles. The Balaban J connectivity index is 1.93. The number of allylic oxidation sites excluding steroid dienone is 1. The van der Waals surface area contributed by atoms with E-state index in [9.17, 15) is 14.9 Å². The molecule has 6 nitrogen and oxygen atoms in total. The van der Waals surface area contributed by atoms with Gasteiger partial charge in [-0.2, -0.15) is 0 Å². The Morgan fingerprint density at radius 2 is 1.67 bits per heavy atom. The van der Waals surface area contributed by atoms with Gasteiger partial charge in [0.2, 0.25) is 0 Å². The summed E-state index contributed by atoms with van der Waals surface area (Å²) in [5.41, 5.74) is 6.96. The van der Waals surface area contributed by atoms with Crippen molar-refractivity contribution in [1.82, 2.24) is 0 Å². The fraction of sp³-hybridized carbons (Fsp3) is 0.375. The number of benzene rings is 2. The van der Waals surface area contributed by atoms with E-state index in [4.69, 9.17) is 0 Å². The zero-order chi connectivity index (χ0) is 21.8. The molecule has 2 aliphatic rings. The normalized spacial score (nSPS) is 19.9. The molecule has 156 valence electrons. The number of fused-ring (bicyclic) bond motifs is 1. The molecule has 2 aromatic rings. The molecule has 0 bridgehead atoms. The lowest BCUT2D eigenvalue weighted by Gasteiger charge is -2.34. The fourth-order valence-corrected chi connectivity index (χ4v) is 4.46. The average Bonchev–Trinajstić information content (AvgIpc) is 2.78. The molecule has 1 unspecified atom stereocenters. The van der Waals surface area contributed by atoms with Crippen molar-refractivity contribution in [3.63, 3.8) is 0 Å².